The molecule has 0 unspecified atom stereocenters. The predicted octanol–water partition coefficient (Wildman–Crippen LogP) is 2.64. The van der Waals surface area contributed by atoms with Gasteiger partial charge in [-0.3, -0.25) is 14.5 Å². The zero-order valence-electron chi connectivity index (χ0n) is 16.9. The van der Waals surface area contributed by atoms with Crippen LogP contribution in [0.3, 0.4) is 0 Å². The van der Waals surface area contributed by atoms with Crippen LogP contribution in [-0.4, -0.2) is 53.4 Å². The van der Waals surface area contributed by atoms with E-state index >= 15 is 0 Å². The van der Waals surface area contributed by atoms with Crippen molar-refractivity contribution >= 4 is 17.8 Å². The van der Waals surface area contributed by atoms with Gasteiger partial charge in [-0.05, 0) is 25.8 Å². The molecule has 2 heterocycles. The number of hydrogen-bond acceptors (Lipinski definition) is 4. The fraction of sp³-hybridized carbons (Fsp3) is 0.571. The third-order valence-corrected chi connectivity index (χ3v) is 5.75. The first-order valence-corrected chi connectivity index (χ1v) is 10.1. The summed E-state index contributed by atoms with van der Waals surface area (Å²) in [7, 11) is 0. The van der Waals surface area contributed by atoms with Crippen molar-refractivity contribution in [2.75, 3.05) is 19.7 Å². The molecule has 28 heavy (non-hydrogen) atoms. The molecule has 152 valence electrons. The summed E-state index contributed by atoms with van der Waals surface area (Å²) in [4.78, 5) is 41.7. The van der Waals surface area contributed by atoms with Crippen molar-refractivity contribution < 1.29 is 19.1 Å². The average Bonchev–Trinajstić information content (AvgIpc) is 2.93. The minimum absolute atomic E-state index is 0.0672. The van der Waals surface area contributed by atoms with Crippen LogP contribution in [0.1, 0.15) is 52.0 Å². The number of fused-ring (bicyclic) bond motifs is 2. The maximum absolute atomic E-state index is 13.3. The first kappa shape index (κ1) is 20.2. The molecule has 0 bridgehead atoms. The Morgan fingerprint density at radius 1 is 1.32 bits per heavy atom. The summed E-state index contributed by atoms with van der Waals surface area (Å²) in [6.07, 6.45) is 3.04. The second-order valence-corrected chi connectivity index (χ2v) is 7.52. The number of ether oxygens (including phenoxy) is 1. The maximum Gasteiger partial charge on any atom is 0.325 e. The molecule has 7 heteroatoms. The van der Waals surface area contributed by atoms with E-state index in [0.717, 1.165) is 24.2 Å². The van der Waals surface area contributed by atoms with Crippen LogP contribution in [0.5, 0.6) is 5.75 Å². The quantitative estimate of drug-likeness (QED) is 0.730. The Hall–Kier alpha value is -2.57. The van der Waals surface area contributed by atoms with E-state index in [0.29, 0.717) is 30.9 Å². The number of carbonyl (C=O) groups is 3. The van der Waals surface area contributed by atoms with Crippen molar-refractivity contribution in [3.8, 4) is 5.75 Å². The monoisotopic (exact) mass is 387 g/mol. The molecular weight excluding hydrogens is 358 g/mol. The number of benzene rings is 1. The Labute approximate surface area is 166 Å². The normalized spacial score (nSPS) is 21.9. The summed E-state index contributed by atoms with van der Waals surface area (Å²) in [5.41, 5.74) is -0.490. The lowest BCUT2D eigenvalue weighted by Crippen LogP contribution is -2.49. The van der Waals surface area contributed by atoms with Gasteiger partial charge in [0, 0.05) is 24.6 Å². The topological polar surface area (TPSA) is 79.0 Å². The Morgan fingerprint density at radius 3 is 2.79 bits per heavy atom. The maximum atomic E-state index is 13.3. The van der Waals surface area contributed by atoms with E-state index < -0.39 is 11.6 Å². The third kappa shape index (κ3) is 3.45. The van der Waals surface area contributed by atoms with Gasteiger partial charge in [0.05, 0.1) is 6.61 Å². The van der Waals surface area contributed by atoms with Crippen molar-refractivity contribution in [3.05, 3.63) is 29.8 Å². The molecule has 2 aliphatic rings. The van der Waals surface area contributed by atoms with E-state index in [2.05, 4.69) is 12.2 Å². The molecular formula is C21H29N3O4. The zero-order chi connectivity index (χ0) is 20.3. The number of urea groups is 1. The van der Waals surface area contributed by atoms with Crippen molar-refractivity contribution in [3.63, 3.8) is 0 Å². The molecule has 0 aromatic heterocycles. The van der Waals surface area contributed by atoms with Crippen molar-refractivity contribution in [1.29, 1.82) is 0 Å². The highest BCUT2D eigenvalue weighted by atomic mass is 16.5. The van der Waals surface area contributed by atoms with E-state index in [4.69, 9.17) is 4.74 Å². The summed E-state index contributed by atoms with van der Waals surface area (Å²) in [6.45, 7) is 6.83. The van der Waals surface area contributed by atoms with Gasteiger partial charge in [0.25, 0.3) is 5.91 Å². The van der Waals surface area contributed by atoms with Crippen molar-refractivity contribution in [1.82, 2.24) is 15.1 Å². The molecule has 1 aromatic rings. The van der Waals surface area contributed by atoms with E-state index in [-0.39, 0.29) is 24.4 Å². The van der Waals surface area contributed by atoms with Gasteiger partial charge in [0.2, 0.25) is 5.91 Å². The molecule has 4 amide bonds. The molecule has 7 nitrogen and oxygen atoms in total. The molecule has 3 rings (SSSR count). The van der Waals surface area contributed by atoms with E-state index in [1.807, 2.05) is 26.0 Å². The predicted molar refractivity (Wildman–Crippen MR) is 105 cm³/mol. The number of imide groups is 1. The lowest BCUT2D eigenvalue weighted by Gasteiger charge is -2.33. The van der Waals surface area contributed by atoms with Gasteiger partial charge < -0.3 is 15.0 Å². The van der Waals surface area contributed by atoms with Crippen LogP contribution in [0.25, 0.3) is 0 Å². The lowest BCUT2D eigenvalue weighted by atomic mass is 9.84. The molecule has 1 N–H and O–H groups in total. The molecule has 1 saturated heterocycles. The molecule has 2 aliphatic heterocycles. The minimum Gasteiger partial charge on any atom is -0.493 e. The summed E-state index contributed by atoms with van der Waals surface area (Å²) in [5, 5.41) is 2.84. The minimum atomic E-state index is -1.14. The molecule has 2 atom stereocenters. The summed E-state index contributed by atoms with van der Waals surface area (Å²) < 4.78 is 5.64. The van der Waals surface area contributed by atoms with E-state index in [1.54, 1.807) is 17.0 Å². The zero-order valence-corrected chi connectivity index (χ0v) is 16.9. The second-order valence-electron chi connectivity index (χ2n) is 7.52. The number of hydrogen-bond donors (Lipinski definition) is 1. The van der Waals surface area contributed by atoms with Crippen LogP contribution in [0.4, 0.5) is 4.79 Å². The van der Waals surface area contributed by atoms with Gasteiger partial charge in [-0.2, -0.15) is 0 Å². The molecule has 1 fully saturated rings. The van der Waals surface area contributed by atoms with Gasteiger partial charge in [0.15, 0.2) is 5.54 Å². The SMILES string of the molecule is CCCCN(C(=O)CN1C(=O)N[C@]2(CCOc3ccccc32)C1=O)[C@@H](C)CC. The third-order valence-electron chi connectivity index (χ3n) is 5.75. The summed E-state index contributed by atoms with van der Waals surface area (Å²) in [6, 6.07) is 6.78. The highest BCUT2D eigenvalue weighted by Gasteiger charge is 2.55. The van der Waals surface area contributed by atoms with Crippen LogP contribution in [0.15, 0.2) is 24.3 Å². The average molecular weight is 387 g/mol. The number of amides is 4. The number of rotatable bonds is 7. The number of para-hydroxylation sites is 1. The summed E-state index contributed by atoms with van der Waals surface area (Å²) >= 11 is 0. The molecule has 1 spiro atoms. The first-order chi connectivity index (χ1) is 13.4. The van der Waals surface area contributed by atoms with Crippen LogP contribution in [0.2, 0.25) is 0 Å². The van der Waals surface area contributed by atoms with E-state index in [9.17, 15) is 14.4 Å². The van der Waals surface area contributed by atoms with E-state index in [1.165, 1.54) is 0 Å². The van der Waals surface area contributed by atoms with Gasteiger partial charge >= 0.3 is 6.03 Å². The molecule has 0 aliphatic carbocycles. The lowest BCUT2D eigenvalue weighted by molar-refractivity contribution is -0.140. The fourth-order valence-electron chi connectivity index (χ4n) is 3.88. The number of carbonyl (C=O) groups excluding carboxylic acids is 3. The Bertz CT molecular complexity index is 766. The van der Waals surface area contributed by atoms with Gasteiger partial charge in [-0.15, -0.1) is 0 Å². The van der Waals surface area contributed by atoms with Crippen LogP contribution in [0, 0.1) is 0 Å². The molecule has 1 aromatic carbocycles. The molecule has 0 radical (unpaired) electrons. The second kappa shape index (κ2) is 8.20. The fourth-order valence-corrected chi connectivity index (χ4v) is 3.88. The van der Waals surface area contributed by atoms with Crippen LogP contribution in [-0.2, 0) is 15.1 Å². The Balaban J connectivity index is 1.82. The number of nitrogens with zero attached hydrogens (tertiary/aromatic N) is 2. The molecule has 0 saturated carbocycles. The van der Waals surface area contributed by atoms with Crippen molar-refractivity contribution in [2.45, 2.75) is 58.0 Å². The van der Waals surface area contributed by atoms with Gasteiger partial charge in [0.1, 0.15) is 12.3 Å². The van der Waals surface area contributed by atoms with Gasteiger partial charge in [-0.25, -0.2) is 4.79 Å². The highest BCUT2D eigenvalue weighted by Crippen LogP contribution is 2.40. The number of nitrogens with one attached hydrogen (secondary N) is 1. The summed E-state index contributed by atoms with van der Waals surface area (Å²) in [5.74, 6) is 0.0321. The van der Waals surface area contributed by atoms with Crippen LogP contribution >= 0.6 is 0 Å². The highest BCUT2D eigenvalue weighted by molar-refractivity contribution is 6.09. The van der Waals surface area contributed by atoms with Crippen molar-refractivity contribution in [2.24, 2.45) is 0 Å². The Morgan fingerprint density at radius 2 is 2.07 bits per heavy atom. The van der Waals surface area contributed by atoms with Crippen LogP contribution < -0.4 is 10.1 Å². The number of unbranched alkanes of at least 4 members (excludes halogenated alkanes) is 1. The largest absolute Gasteiger partial charge is 0.493 e. The van der Waals surface area contributed by atoms with Gasteiger partial charge in [-0.1, -0.05) is 38.5 Å². The standard InChI is InChI=1S/C21H29N3O4/c1-4-6-12-23(15(3)5-2)18(25)14-24-19(26)21(22-20(24)27)11-13-28-17-10-8-7-9-16(17)21/h7-10,15H,4-6,11-14H2,1-3H3,(H,22,27)/t15-,21-/m0/s1. The first-order valence-electron chi connectivity index (χ1n) is 10.1. The Kier molecular flexibility index (Phi) is 5.91. The smallest absolute Gasteiger partial charge is 0.325 e.